The van der Waals surface area contributed by atoms with Crippen molar-refractivity contribution in [2.75, 3.05) is 7.11 Å². The molecule has 0 radical (unpaired) electrons. The molecule has 0 unspecified atom stereocenters. The van der Waals surface area contributed by atoms with Crippen molar-refractivity contribution >= 4 is 17.0 Å². The minimum absolute atomic E-state index is 0.157. The fourth-order valence-electron chi connectivity index (χ4n) is 2.04. The summed E-state index contributed by atoms with van der Waals surface area (Å²) in [6.45, 7) is 0.157. The molecule has 1 aromatic heterocycles. The van der Waals surface area contributed by atoms with Crippen LogP contribution in [-0.2, 0) is 11.3 Å². The molecule has 3 aromatic rings. The summed E-state index contributed by atoms with van der Waals surface area (Å²) in [7, 11) is 1.59. The second-order valence-corrected chi connectivity index (χ2v) is 4.67. The number of carbonyl (C=O) groups excluding carboxylic acids is 1. The Morgan fingerprint density at radius 1 is 1.09 bits per heavy atom. The Morgan fingerprint density at radius 3 is 2.73 bits per heavy atom. The molecule has 0 spiro atoms. The van der Waals surface area contributed by atoms with Crippen LogP contribution >= 0.6 is 0 Å². The Balaban J connectivity index is 1.72. The van der Waals surface area contributed by atoms with Crippen molar-refractivity contribution < 1.29 is 14.3 Å². The Morgan fingerprint density at radius 2 is 1.91 bits per heavy atom. The maximum atomic E-state index is 12.1. The number of nitrogens with zero attached hydrogens (tertiary/aromatic N) is 2. The van der Waals surface area contributed by atoms with E-state index in [0.717, 1.165) is 16.8 Å². The molecule has 5 heteroatoms. The number of carbonyl (C=O) groups is 1. The number of esters is 1. The van der Waals surface area contributed by atoms with Crippen molar-refractivity contribution in [3.05, 3.63) is 66.0 Å². The van der Waals surface area contributed by atoms with Gasteiger partial charge in [0, 0.05) is 0 Å². The second kappa shape index (κ2) is 6.22. The first-order chi connectivity index (χ1) is 10.8. The van der Waals surface area contributed by atoms with Gasteiger partial charge in [-0.3, -0.25) is 4.98 Å². The zero-order valence-electron chi connectivity index (χ0n) is 12.0. The van der Waals surface area contributed by atoms with Gasteiger partial charge >= 0.3 is 5.97 Å². The van der Waals surface area contributed by atoms with Gasteiger partial charge in [0.1, 0.15) is 12.4 Å². The summed E-state index contributed by atoms with van der Waals surface area (Å²) in [6.07, 6.45) is 1.43. The lowest BCUT2D eigenvalue weighted by Crippen LogP contribution is -2.08. The van der Waals surface area contributed by atoms with Gasteiger partial charge in [0.15, 0.2) is 5.69 Å². The molecule has 0 atom stereocenters. The number of para-hydroxylation sites is 2. The van der Waals surface area contributed by atoms with Gasteiger partial charge in [0.25, 0.3) is 0 Å². The second-order valence-electron chi connectivity index (χ2n) is 4.67. The van der Waals surface area contributed by atoms with Crippen LogP contribution in [0.4, 0.5) is 0 Å². The molecular weight excluding hydrogens is 280 g/mol. The van der Waals surface area contributed by atoms with Crippen molar-refractivity contribution in [1.29, 1.82) is 0 Å². The summed E-state index contributed by atoms with van der Waals surface area (Å²) in [5.74, 6) is 0.222. The SMILES string of the molecule is COc1cccc(COC(=O)c2cnc3ccccc3n2)c1. The molecule has 3 rings (SSSR count). The molecule has 0 aliphatic rings. The number of hydrogen-bond acceptors (Lipinski definition) is 5. The van der Waals surface area contributed by atoms with Gasteiger partial charge in [-0.15, -0.1) is 0 Å². The van der Waals surface area contributed by atoms with E-state index < -0.39 is 5.97 Å². The van der Waals surface area contributed by atoms with Crippen LogP contribution < -0.4 is 4.74 Å². The molecular formula is C17H14N2O3. The van der Waals surface area contributed by atoms with E-state index in [9.17, 15) is 4.79 Å². The molecule has 0 aliphatic heterocycles. The monoisotopic (exact) mass is 294 g/mol. The fraction of sp³-hybridized carbons (Fsp3) is 0.118. The fourth-order valence-corrected chi connectivity index (χ4v) is 2.04. The smallest absolute Gasteiger partial charge is 0.358 e. The quantitative estimate of drug-likeness (QED) is 0.692. The maximum Gasteiger partial charge on any atom is 0.358 e. The summed E-state index contributed by atoms with van der Waals surface area (Å²) in [5.41, 5.74) is 2.45. The number of benzene rings is 2. The Hall–Kier alpha value is -2.95. The van der Waals surface area contributed by atoms with E-state index >= 15 is 0 Å². The molecule has 1 heterocycles. The van der Waals surface area contributed by atoms with Gasteiger partial charge < -0.3 is 9.47 Å². The van der Waals surface area contributed by atoms with Crippen LogP contribution in [0, 0.1) is 0 Å². The van der Waals surface area contributed by atoms with E-state index in [0.29, 0.717) is 5.52 Å². The highest BCUT2D eigenvalue weighted by Gasteiger charge is 2.11. The lowest BCUT2D eigenvalue weighted by atomic mass is 10.2. The summed E-state index contributed by atoms with van der Waals surface area (Å²) >= 11 is 0. The molecule has 0 saturated carbocycles. The predicted octanol–water partition coefficient (Wildman–Crippen LogP) is 3.00. The van der Waals surface area contributed by atoms with E-state index in [1.165, 1.54) is 6.20 Å². The Kier molecular flexibility index (Phi) is 3.96. The predicted molar refractivity (Wildman–Crippen MR) is 81.7 cm³/mol. The number of rotatable bonds is 4. The zero-order valence-corrected chi connectivity index (χ0v) is 12.0. The van der Waals surface area contributed by atoms with Crippen LogP contribution in [0.5, 0.6) is 5.75 Å². The molecule has 0 aliphatic carbocycles. The highest BCUT2D eigenvalue weighted by molar-refractivity contribution is 5.89. The van der Waals surface area contributed by atoms with Crippen molar-refractivity contribution in [2.24, 2.45) is 0 Å². The molecule has 110 valence electrons. The average molecular weight is 294 g/mol. The van der Waals surface area contributed by atoms with Crippen molar-refractivity contribution in [3.8, 4) is 5.75 Å². The van der Waals surface area contributed by atoms with Crippen LogP contribution in [0.3, 0.4) is 0 Å². The van der Waals surface area contributed by atoms with Gasteiger partial charge in [0.05, 0.1) is 24.3 Å². The highest BCUT2D eigenvalue weighted by Crippen LogP contribution is 2.14. The summed E-state index contributed by atoms with van der Waals surface area (Å²) in [4.78, 5) is 20.5. The first-order valence-corrected chi connectivity index (χ1v) is 6.78. The lowest BCUT2D eigenvalue weighted by Gasteiger charge is -2.06. The molecule has 22 heavy (non-hydrogen) atoms. The standard InChI is InChI=1S/C17H14N2O3/c1-21-13-6-4-5-12(9-13)11-22-17(20)16-10-18-14-7-2-3-8-15(14)19-16/h2-10H,11H2,1H3. The molecule has 0 bridgehead atoms. The van der Waals surface area contributed by atoms with E-state index in [4.69, 9.17) is 9.47 Å². The topological polar surface area (TPSA) is 61.3 Å². The Bertz CT molecular complexity index is 818. The van der Waals surface area contributed by atoms with Gasteiger partial charge in [0.2, 0.25) is 0 Å². The van der Waals surface area contributed by atoms with Crippen LogP contribution in [-0.4, -0.2) is 23.0 Å². The third-order valence-corrected chi connectivity index (χ3v) is 3.16. The molecule has 0 saturated heterocycles. The van der Waals surface area contributed by atoms with Crippen LogP contribution in [0.2, 0.25) is 0 Å². The lowest BCUT2D eigenvalue weighted by molar-refractivity contribution is 0.0465. The van der Waals surface area contributed by atoms with Crippen molar-refractivity contribution in [1.82, 2.24) is 9.97 Å². The number of fused-ring (bicyclic) bond motifs is 1. The number of ether oxygens (including phenoxy) is 2. The number of aromatic nitrogens is 2. The molecule has 5 nitrogen and oxygen atoms in total. The van der Waals surface area contributed by atoms with Crippen molar-refractivity contribution in [2.45, 2.75) is 6.61 Å². The molecule has 2 aromatic carbocycles. The van der Waals surface area contributed by atoms with E-state index in [1.807, 2.05) is 42.5 Å². The van der Waals surface area contributed by atoms with E-state index in [-0.39, 0.29) is 12.3 Å². The molecule has 0 N–H and O–H groups in total. The third-order valence-electron chi connectivity index (χ3n) is 3.16. The summed E-state index contributed by atoms with van der Waals surface area (Å²) in [6, 6.07) is 14.7. The van der Waals surface area contributed by atoms with E-state index in [2.05, 4.69) is 9.97 Å². The zero-order chi connectivity index (χ0) is 15.4. The van der Waals surface area contributed by atoms with Gasteiger partial charge in [-0.05, 0) is 29.8 Å². The van der Waals surface area contributed by atoms with E-state index in [1.54, 1.807) is 13.2 Å². The minimum Gasteiger partial charge on any atom is -0.497 e. The largest absolute Gasteiger partial charge is 0.497 e. The van der Waals surface area contributed by atoms with Crippen LogP contribution in [0.25, 0.3) is 11.0 Å². The normalized spacial score (nSPS) is 10.4. The number of hydrogen-bond donors (Lipinski definition) is 0. The van der Waals surface area contributed by atoms with Crippen LogP contribution in [0.1, 0.15) is 16.1 Å². The van der Waals surface area contributed by atoms with Crippen molar-refractivity contribution in [3.63, 3.8) is 0 Å². The summed E-state index contributed by atoms with van der Waals surface area (Å²) in [5, 5.41) is 0. The summed E-state index contributed by atoms with van der Waals surface area (Å²) < 4.78 is 10.4. The molecule has 0 amide bonds. The Labute approximate surface area is 127 Å². The van der Waals surface area contributed by atoms with Crippen LogP contribution in [0.15, 0.2) is 54.7 Å². The number of methoxy groups -OCH3 is 1. The highest BCUT2D eigenvalue weighted by atomic mass is 16.5. The minimum atomic E-state index is -0.499. The first-order valence-electron chi connectivity index (χ1n) is 6.78. The van der Waals surface area contributed by atoms with Gasteiger partial charge in [-0.2, -0.15) is 0 Å². The average Bonchev–Trinajstić information content (AvgIpc) is 2.59. The maximum absolute atomic E-state index is 12.1. The van der Waals surface area contributed by atoms with Gasteiger partial charge in [-0.1, -0.05) is 24.3 Å². The molecule has 0 fully saturated rings. The third kappa shape index (κ3) is 3.03. The van der Waals surface area contributed by atoms with Gasteiger partial charge in [-0.25, -0.2) is 9.78 Å². The first kappa shape index (κ1) is 14.0.